The van der Waals surface area contributed by atoms with E-state index in [4.69, 9.17) is 0 Å². The van der Waals surface area contributed by atoms with E-state index >= 15 is 0 Å². The van der Waals surface area contributed by atoms with Crippen LogP contribution in [0, 0.1) is 6.92 Å². The molecular formula is C7H6N2OS. The Labute approximate surface area is 66.9 Å². The zero-order chi connectivity index (χ0) is 7.84. The number of aromatic nitrogens is 2. The maximum absolute atomic E-state index is 11.3. The van der Waals surface area contributed by atoms with Crippen molar-refractivity contribution in [2.45, 2.75) is 6.92 Å². The monoisotopic (exact) mass is 166 g/mol. The minimum absolute atomic E-state index is 0.0243. The standard InChI is InChI=1S/C7H6N2OS/c1-5-4-8-7-9(6(5)10)2-3-11-7/h2-4H,1H3. The molecule has 11 heavy (non-hydrogen) atoms. The first-order chi connectivity index (χ1) is 5.29. The fraction of sp³-hybridized carbons (Fsp3) is 0.143. The van der Waals surface area contributed by atoms with E-state index in [9.17, 15) is 4.79 Å². The Hall–Kier alpha value is -1.16. The Bertz CT molecular complexity index is 443. The van der Waals surface area contributed by atoms with Crippen LogP contribution >= 0.6 is 11.3 Å². The largest absolute Gasteiger partial charge is 0.269 e. The Morgan fingerprint density at radius 2 is 2.45 bits per heavy atom. The van der Waals surface area contributed by atoms with Crippen LogP contribution in [-0.4, -0.2) is 9.38 Å². The Balaban J connectivity index is 3.05. The molecule has 0 fully saturated rings. The van der Waals surface area contributed by atoms with Crippen molar-refractivity contribution >= 4 is 16.3 Å². The van der Waals surface area contributed by atoms with Gasteiger partial charge in [0.15, 0.2) is 4.96 Å². The summed E-state index contributed by atoms with van der Waals surface area (Å²) >= 11 is 1.46. The van der Waals surface area contributed by atoms with E-state index < -0.39 is 0 Å². The van der Waals surface area contributed by atoms with Gasteiger partial charge in [-0.15, -0.1) is 11.3 Å². The fourth-order valence-electron chi connectivity index (χ4n) is 0.917. The summed E-state index contributed by atoms with van der Waals surface area (Å²) in [6, 6.07) is 0. The zero-order valence-corrected chi connectivity index (χ0v) is 6.76. The summed E-state index contributed by atoms with van der Waals surface area (Å²) in [5, 5.41) is 1.85. The van der Waals surface area contributed by atoms with Gasteiger partial charge in [-0.3, -0.25) is 9.20 Å². The van der Waals surface area contributed by atoms with E-state index in [1.807, 2.05) is 5.38 Å². The minimum atomic E-state index is 0.0243. The van der Waals surface area contributed by atoms with Crippen LogP contribution in [0.25, 0.3) is 4.96 Å². The van der Waals surface area contributed by atoms with E-state index in [0.717, 1.165) is 4.96 Å². The smallest absolute Gasteiger partial charge is 0.261 e. The number of fused-ring (bicyclic) bond motifs is 1. The van der Waals surface area contributed by atoms with Gasteiger partial charge in [-0.25, -0.2) is 4.98 Å². The molecule has 0 N–H and O–H groups in total. The summed E-state index contributed by atoms with van der Waals surface area (Å²) < 4.78 is 1.56. The first-order valence-electron chi connectivity index (χ1n) is 3.20. The quantitative estimate of drug-likeness (QED) is 0.586. The van der Waals surface area contributed by atoms with Gasteiger partial charge in [0.05, 0.1) is 0 Å². The average molecular weight is 166 g/mol. The first kappa shape index (κ1) is 6.54. The van der Waals surface area contributed by atoms with Crippen LogP contribution in [0.5, 0.6) is 0 Å². The van der Waals surface area contributed by atoms with Crippen LogP contribution < -0.4 is 5.56 Å². The molecule has 2 rings (SSSR count). The number of hydrogen-bond donors (Lipinski definition) is 0. The minimum Gasteiger partial charge on any atom is -0.269 e. The summed E-state index contributed by atoms with van der Waals surface area (Å²) in [5.41, 5.74) is 0.706. The Kier molecular flexibility index (Phi) is 1.29. The Morgan fingerprint density at radius 1 is 1.64 bits per heavy atom. The highest BCUT2D eigenvalue weighted by Crippen LogP contribution is 2.04. The van der Waals surface area contributed by atoms with Gasteiger partial charge < -0.3 is 0 Å². The highest BCUT2D eigenvalue weighted by atomic mass is 32.1. The summed E-state index contributed by atoms with van der Waals surface area (Å²) in [6.45, 7) is 1.76. The van der Waals surface area contributed by atoms with Crippen molar-refractivity contribution in [1.82, 2.24) is 9.38 Å². The summed E-state index contributed by atoms with van der Waals surface area (Å²) in [7, 11) is 0. The van der Waals surface area contributed by atoms with Crippen molar-refractivity contribution in [3.8, 4) is 0 Å². The molecule has 0 aliphatic rings. The predicted octanol–water partition coefficient (Wildman–Crippen LogP) is 1.06. The molecule has 0 aliphatic heterocycles. The zero-order valence-electron chi connectivity index (χ0n) is 5.94. The van der Waals surface area contributed by atoms with Crippen molar-refractivity contribution in [1.29, 1.82) is 0 Å². The van der Waals surface area contributed by atoms with Crippen LogP contribution in [0.3, 0.4) is 0 Å². The van der Waals surface area contributed by atoms with Crippen LogP contribution in [0.1, 0.15) is 5.56 Å². The molecule has 0 atom stereocenters. The van der Waals surface area contributed by atoms with Crippen LogP contribution in [-0.2, 0) is 0 Å². The Morgan fingerprint density at radius 3 is 3.27 bits per heavy atom. The third-order valence-electron chi connectivity index (χ3n) is 1.51. The van der Waals surface area contributed by atoms with Gasteiger partial charge in [0.25, 0.3) is 5.56 Å². The molecule has 3 nitrogen and oxygen atoms in total. The van der Waals surface area contributed by atoms with Gasteiger partial charge >= 0.3 is 0 Å². The van der Waals surface area contributed by atoms with Crippen molar-refractivity contribution in [2.24, 2.45) is 0 Å². The number of rotatable bonds is 0. The van der Waals surface area contributed by atoms with Crippen LogP contribution in [0.2, 0.25) is 0 Å². The maximum atomic E-state index is 11.3. The summed E-state index contributed by atoms with van der Waals surface area (Å²) in [6.07, 6.45) is 3.34. The summed E-state index contributed by atoms with van der Waals surface area (Å²) in [5.74, 6) is 0. The van der Waals surface area contributed by atoms with Crippen LogP contribution in [0.4, 0.5) is 0 Å². The molecule has 2 aromatic heterocycles. The number of nitrogens with zero attached hydrogens (tertiary/aromatic N) is 2. The highest BCUT2D eigenvalue weighted by Gasteiger charge is 1.99. The highest BCUT2D eigenvalue weighted by molar-refractivity contribution is 7.15. The van der Waals surface area contributed by atoms with Crippen molar-refractivity contribution in [3.63, 3.8) is 0 Å². The molecule has 0 spiro atoms. The van der Waals surface area contributed by atoms with E-state index in [-0.39, 0.29) is 5.56 Å². The lowest BCUT2D eigenvalue weighted by atomic mass is 10.4. The molecule has 0 saturated carbocycles. The molecular weight excluding hydrogens is 160 g/mol. The molecule has 2 aromatic rings. The lowest BCUT2D eigenvalue weighted by molar-refractivity contribution is 1.04. The van der Waals surface area contributed by atoms with E-state index in [0.29, 0.717) is 5.56 Å². The van der Waals surface area contributed by atoms with E-state index in [1.165, 1.54) is 11.3 Å². The summed E-state index contributed by atoms with van der Waals surface area (Å²) in [4.78, 5) is 16.2. The third kappa shape index (κ3) is 0.867. The van der Waals surface area contributed by atoms with Crippen LogP contribution in [0.15, 0.2) is 22.6 Å². The van der Waals surface area contributed by atoms with Crippen molar-refractivity contribution in [2.75, 3.05) is 0 Å². The van der Waals surface area contributed by atoms with Gasteiger partial charge in [0.1, 0.15) is 0 Å². The molecule has 0 radical (unpaired) electrons. The molecule has 56 valence electrons. The second kappa shape index (κ2) is 2.17. The molecule has 0 aromatic carbocycles. The fourth-order valence-corrected chi connectivity index (χ4v) is 1.59. The molecule has 0 saturated heterocycles. The number of thiazole rings is 1. The molecule has 0 aliphatic carbocycles. The lowest BCUT2D eigenvalue weighted by Gasteiger charge is -1.91. The van der Waals surface area contributed by atoms with Gasteiger partial charge in [0.2, 0.25) is 0 Å². The SMILES string of the molecule is Cc1cnc2sccn2c1=O. The van der Waals surface area contributed by atoms with Gasteiger partial charge in [0, 0.05) is 23.3 Å². The normalized spacial score (nSPS) is 10.6. The van der Waals surface area contributed by atoms with Gasteiger partial charge in [-0.05, 0) is 6.92 Å². The maximum Gasteiger partial charge on any atom is 0.261 e. The molecule has 0 unspecified atom stereocenters. The number of aryl methyl sites for hydroxylation is 1. The molecule has 2 heterocycles. The molecule has 0 bridgehead atoms. The number of hydrogen-bond acceptors (Lipinski definition) is 3. The van der Waals surface area contributed by atoms with E-state index in [1.54, 1.807) is 23.7 Å². The molecule has 4 heteroatoms. The van der Waals surface area contributed by atoms with Crippen molar-refractivity contribution in [3.05, 3.63) is 33.7 Å². The lowest BCUT2D eigenvalue weighted by Crippen LogP contribution is -2.14. The topological polar surface area (TPSA) is 34.4 Å². The van der Waals surface area contributed by atoms with Crippen molar-refractivity contribution < 1.29 is 0 Å². The average Bonchev–Trinajstić information content (AvgIpc) is 2.45. The van der Waals surface area contributed by atoms with E-state index in [2.05, 4.69) is 4.98 Å². The predicted molar refractivity (Wildman–Crippen MR) is 44.1 cm³/mol. The van der Waals surface area contributed by atoms with Gasteiger partial charge in [-0.1, -0.05) is 0 Å². The van der Waals surface area contributed by atoms with Gasteiger partial charge in [-0.2, -0.15) is 0 Å². The second-order valence-electron chi connectivity index (χ2n) is 2.30. The first-order valence-corrected chi connectivity index (χ1v) is 4.08. The third-order valence-corrected chi connectivity index (χ3v) is 2.28. The second-order valence-corrected chi connectivity index (χ2v) is 3.17. The molecule has 0 amide bonds.